The van der Waals surface area contributed by atoms with Crippen LogP contribution in [0.15, 0.2) is 97.3 Å². The van der Waals surface area contributed by atoms with Gasteiger partial charge in [0.2, 0.25) is 0 Å². The van der Waals surface area contributed by atoms with Gasteiger partial charge in [-0.3, -0.25) is 0 Å². The number of anilines is 1. The summed E-state index contributed by atoms with van der Waals surface area (Å²) >= 11 is 0. The molecule has 1 amide bonds. The Bertz CT molecular complexity index is 1750. The Hall–Kier alpha value is -5.21. The first-order valence-electron chi connectivity index (χ1n) is 14.1. The van der Waals surface area contributed by atoms with Gasteiger partial charge in [-0.05, 0) is 71.5 Å². The van der Waals surface area contributed by atoms with Crippen LogP contribution in [0.1, 0.15) is 24.2 Å². The molecule has 2 saturated heterocycles. The Labute approximate surface area is 249 Å². The van der Waals surface area contributed by atoms with Crippen molar-refractivity contribution in [3.63, 3.8) is 0 Å². The van der Waals surface area contributed by atoms with Gasteiger partial charge in [-0.15, -0.1) is 0 Å². The third-order valence-electron chi connectivity index (χ3n) is 7.44. The average Bonchev–Trinajstić information content (AvgIpc) is 3.64. The second-order valence-corrected chi connectivity index (χ2v) is 10.6. The number of carbonyl (C=O) groups excluding carboxylic acids is 1. The van der Waals surface area contributed by atoms with Gasteiger partial charge >= 0.3 is 6.09 Å². The van der Waals surface area contributed by atoms with E-state index in [1.807, 2.05) is 41.3 Å². The van der Waals surface area contributed by atoms with Gasteiger partial charge in [0.15, 0.2) is 11.3 Å². The zero-order valence-corrected chi connectivity index (χ0v) is 23.3. The molecule has 0 radical (unpaired) electrons. The molecule has 0 saturated carbocycles. The van der Waals surface area contributed by atoms with Crippen molar-refractivity contribution in [2.45, 2.75) is 24.2 Å². The van der Waals surface area contributed by atoms with Crippen molar-refractivity contribution < 1.29 is 18.3 Å². The van der Waals surface area contributed by atoms with E-state index in [1.165, 1.54) is 4.90 Å². The fourth-order valence-corrected chi connectivity index (χ4v) is 5.14. The van der Waals surface area contributed by atoms with Crippen molar-refractivity contribution in [2.24, 2.45) is 0 Å². The van der Waals surface area contributed by atoms with Crippen LogP contribution in [0, 0.1) is 23.7 Å². The number of hydrogen-bond donors (Lipinski definition) is 0. The summed E-state index contributed by atoms with van der Waals surface area (Å²) in [5, 5.41) is 0. The topological polar surface area (TPSA) is 58.6 Å². The number of amides is 1. The van der Waals surface area contributed by atoms with Crippen LogP contribution < -0.4 is 9.64 Å². The number of hydrogen-bond acceptors (Lipinski definition) is 5. The lowest BCUT2D eigenvalue weighted by molar-refractivity contribution is 0.154. The highest BCUT2D eigenvalue weighted by atomic mass is 19.1. The predicted octanol–water partition coefficient (Wildman–Crippen LogP) is 6.08. The number of benzene rings is 2. The van der Waals surface area contributed by atoms with E-state index in [1.54, 1.807) is 60.9 Å². The number of aromatic nitrogens is 2. The van der Waals surface area contributed by atoms with Gasteiger partial charge in [0.05, 0.1) is 13.1 Å². The molecule has 2 aromatic heterocycles. The maximum Gasteiger partial charge on any atom is 0.415 e. The average molecular weight is 575 g/mol. The Morgan fingerprint density at radius 2 is 1.37 bits per heavy atom. The second-order valence-electron chi connectivity index (χ2n) is 10.6. The first kappa shape index (κ1) is 27.9. The number of ether oxygens (including phenoxy) is 1. The van der Waals surface area contributed by atoms with Crippen molar-refractivity contribution in [1.29, 1.82) is 0 Å². The monoisotopic (exact) mass is 574 g/mol. The van der Waals surface area contributed by atoms with Crippen LogP contribution in [0.5, 0.6) is 5.75 Å². The van der Waals surface area contributed by atoms with E-state index in [-0.39, 0.29) is 26.1 Å². The van der Waals surface area contributed by atoms with Crippen LogP contribution >= 0.6 is 0 Å². The van der Waals surface area contributed by atoms with Crippen LogP contribution in [0.4, 0.5) is 19.3 Å². The molecule has 2 atom stereocenters. The van der Waals surface area contributed by atoms with Gasteiger partial charge in [-0.1, -0.05) is 48.2 Å². The zero-order valence-electron chi connectivity index (χ0n) is 23.3. The fraction of sp³-hybridized carbons (Fsp3) is 0.229. The summed E-state index contributed by atoms with van der Waals surface area (Å²) < 4.78 is 36.4. The number of likely N-dealkylation sites (tertiary alicyclic amines) is 1. The van der Waals surface area contributed by atoms with Crippen LogP contribution in [-0.2, 0) is 0 Å². The molecule has 0 bridgehead atoms. The molecule has 2 fully saturated rings. The molecule has 0 aliphatic carbocycles. The smallest absolute Gasteiger partial charge is 0.410 e. The molecule has 6 rings (SSSR count). The standard InChI is InChI=1S/C35H28F2N4O2/c36-34(15-13-29-9-1-3-19-38-29)17-21-40(25-34)31-11-5-7-27(23-31)28-8-6-12-32(24-28)43-33(42)41-22-18-35(37,26-41)16-14-30-10-2-4-20-39-30/h1-12,19-20,23-24H,17-18,21-22,25-26H2. The van der Waals surface area contributed by atoms with Crippen LogP contribution in [-0.4, -0.2) is 58.5 Å². The molecule has 0 N–H and O–H groups in total. The summed E-state index contributed by atoms with van der Waals surface area (Å²) in [6.07, 6.45) is 3.00. The molecule has 6 nitrogen and oxygen atoms in total. The lowest BCUT2D eigenvalue weighted by atomic mass is 10.0. The Morgan fingerprint density at radius 3 is 2.05 bits per heavy atom. The molecule has 4 aromatic rings. The second kappa shape index (κ2) is 12.0. The van der Waals surface area contributed by atoms with Gasteiger partial charge in [-0.2, -0.15) is 0 Å². The molecule has 214 valence electrons. The molecule has 8 heteroatoms. The van der Waals surface area contributed by atoms with Gasteiger partial charge in [0.25, 0.3) is 0 Å². The van der Waals surface area contributed by atoms with Crippen molar-refractivity contribution in [1.82, 2.24) is 14.9 Å². The number of halogens is 2. The Kier molecular flexibility index (Phi) is 7.77. The molecule has 2 aliphatic rings. The van der Waals surface area contributed by atoms with E-state index in [4.69, 9.17) is 4.74 Å². The molecule has 2 aromatic carbocycles. The molecule has 2 aliphatic heterocycles. The molecular formula is C35H28F2N4O2. The highest BCUT2D eigenvalue weighted by Crippen LogP contribution is 2.33. The lowest BCUT2D eigenvalue weighted by Crippen LogP contribution is -2.34. The maximum atomic E-state index is 15.5. The highest BCUT2D eigenvalue weighted by molar-refractivity contribution is 5.74. The Morgan fingerprint density at radius 1 is 0.744 bits per heavy atom. The van der Waals surface area contributed by atoms with Crippen molar-refractivity contribution in [3.05, 3.63) is 109 Å². The first-order chi connectivity index (χ1) is 20.9. The molecule has 4 heterocycles. The number of alkyl halides is 2. The van der Waals surface area contributed by atoms with Crippen molar-refractivity contribution >= 4 is 11.8 Å². The third-order valence-corrected chi connectivity index (χ3v) is 7.44. The van der Waals surface area contributed by atoms with E-state index < -0.39 is 17.4 Å². The minimum Gasteiger partial charge on any atom is -0.410 e. The van der Waals surface area contributed by atoms with Gasteiger partial charge in [0.1, 0.15) is 17.1 Å². The van der Waals surface area contributed by atoms with E-state index in [9.17, 15) is 4.79 Å². The van der Waals surface area contributed by atoms with E-state index in [0.29, 0.717) is 30.1 Å². The highest BCUT2D eigenvalue weighted by Gasteiger charge is 2.40. The van der Waals surface area contributed by atoms with Gasteiger partial charge in [0, 0.05) is 44.0 Å². The van der Waals surface area contributed by atoms with Gasteiger partial charge < -0.3 is 14.5 Å². The molecular weight excluding hydrogens is 546 g/mol. The van der Waals surface area contributed by atoms with Crippen LogP contribution in [0.3, 0.4) is 0 Å². The van der Waals surface area contributed by atoms with Crippen LogP contribution in [0.25, 0.3) is 11.1 Å². The van der Waals surface area contributed by atoms with Crippen molar-refractivity contribution in [3.8, 4) is 40.6 Å². The zero-order chi connectivity index (χ0) is 29.7. The number of rotatable bonds is 3. The summed E-state index contributed by atoms with van der Waals surface area (Å²) in [7, 11) is 0. The molecule has 0 spiro atoms. The maximum absolute atomic E-state index is 15.5. The lowest BCUT2D eigenvalue weighted by Gasteiger charge is -2.20. The third kappa shape index (κ3) is 6.82. The minimum absolute atomic E-state index is 0.0974. The largest absolute Gasteiger partial charge is 0.415 e. The number of carbonyl (C=O) groups is 1. The SMILES string of the molecule is O=C(Oc1cccc(-c2cccc(N3CCC(F)(C#Cc4ccccn4)C3)c2)c1)N1CCC(F)(C#Cc2ccccn2)C1. The molecule has 43 heavy (non-hydrogen) atoms. The number of nitrogens with zero attached hydrogens (tertiary/aromatic N) is 4. The molecule has 2 unspecified atom stereocenters. The number of pyridine rings is 2. The fourth-order valence-electron chi connectivity index (χ4n) is 5.14. The van der Waals surface area contributed by atoms with Crippen molar-refractivity contribution in [2.75, 3.05) is 31.1 Å². The minimum atomic E-state index is -1.82. The summed E-state index contributed by atoms with van der Waals surface area (Å²) in [5.41, 5.74) is 0.166. The van der Waals surface area contributed by atoms with E-state index >= 15 is 8.78 Å². The normalized spacial score (nSPS) is 21.0. The summed E-state index contributed by atoms with van der Waals surface area (Å²) in [5.74, 6) is 11.4. The summed E-state index contributed by atoms with van der Waals surface area (Å²) in [6.45, 7) is 0.719. The summed E-state index contributed by atoms with van der Waals surface area (Å²) in [6, 6.07) is 25.6. The quantitative estimate of drug-likeness (QED) is 0.278. The van der Waals surface area contributed by atoms with Crippen LogP contribution in [0.2, 0.25) is 0 Å². The van der Waals surface area contributed by atoms with E-state index in [2.05, 4.69) is 33.6 Å². The predicted molar refractivity (Wildman–Crippen MR) is 161 cm³/mol. The Balaban J connectivity index is 1.10. The van der Waals surface area contributed by atoms with E-state index in [0.717, 1.165) is 16.8 Å². The first-order valence-corrected chi connectivity index (χ1v) is 14.1. The summed E-state index contributed by atoms with van der Waals surface area (Å²) in [4.78, 5) is 24.4. The van der Waals surface area contributed by atoms with Gasteiger partial charge in [-0.25, -0.2) is 23.5 Å².